The van der Waals surface area contributed by atoms with Gasteiger partial charge in [-0.25, -0.2) is 0 Å². The number of hydrogen-bond donors (Lipinski definition) is 0. The second-order valence-corrected chi connectivity index (χ2v) is 5.03. The van der Waals surface area contributed by atoms with Crippen LogP contribution < -0.4 is 0 Å². The van der Waals surface area contributed by atoms with E-state index < -0.39 is 0 Å². The Morgan fingerprint density at radius 1 is 1.36 bits per heavy atom. The Balaban J connectivity index is 2.12. The van der Waals surface area contributed by atoms with Gasteiger partial charge in [0, 0.05) is 10.2 Å². The maximum Gasteiger partial charge on any atom is 0.0586 e. The highest BCUT2D eigenvalue weighted by atomic mass is 79.9. The molecule has 2 unspecified atom stereocenters. The van der Waals surface area contributed by atoms with Crippen molar-refractivity contribution >= 4 is 31.9 Å². The van der Waals surface area contributed by atoms with Gasteiger partial charge in [0.05, 0.1) is 12.7 Å². The zero-order chi connectivity index (χ0) is 8.10. The molecule has 11 heavy (non-hydrogen) atoms. The molecule has 0 spiro atoms. The van der Waals surface area contributed by atoms with Gasteiger partial charge >= 0.3 is 0 Å². The molecule has 1 fully saturated rings. The minimum Gasteiger partial charge on any atom is -0.377 e. The summed E-state index contributed by atoms with van der Waals surface area (Å²) in [5.74, 6) is 0. The van der Waals surface area contributed by atoms with E-state index in [9.17, 15) is 0 Å². The molecule has 0 aromatic heterocycles. The lowest BCUT2D eigenvalue weighted by atomic mass is 9.98. The molecule has 1 aliphatic carbocycles. The first-order valence-corrected chi connectivity index (χ1v) is 6.18. The number of ether oxygens (including phenoxy) is 1. The summed E-state index contributed by atoms with van der Waals surface area (Å²) in [6.45, 7) is 0.852. The molecule has 0 bridgehead atoms. The largest absolute Gasteiger partial charge is 0.377 e. The maximum atomic E-state index is 5.63. The van der Waals surface area contributed by atoms with E-state index in [2.05, 4.69) is 31.9 Å². The van der Waals surface area contributed by atoms with E-state index in [0.29, 0.717) is 10.9 Å². The van der Waals surface area contributed by atoms with Crippen LogP contribution in [0, 0.1) is 0 Å². The highest BCUT2D eigenvalue weighted by Crippen LogP contribution is 2.26. The molecule has 0 saturated heterocycles. The third-order valence-electron chi connectivity index (χ3n) is 1.99. The second-order valence-electron chi connectivity index (χ2n) is 2.95. The molecule has 66 valence electrons. The number of hydrogen-bond acceptors (Lipinski definition) is 1. The molecule has 3 heteroatoms. The molecule has 0 aromatic rings. The van der Waals surface area contributed by atoms with Crippen molar-refractivity contribution in [3.8, 4) is 0 Å². The van der Waals surface area contributed by atoms with Crippen molar-refractivity contribution in [1.82, 2.24) is 0 Å². The molecule has 0 heterocycles. The van der Waals surface area contributed by atoms with Crippen molar-refractivity contribution in [1.29, 1.82) is 0 Å². The zero-order valence-electron chi connectivity index (χ0n) is 6.56. The van der Waals surface area contributed by atoms with Crippen molar-refractivity contribution in [3.05, 3.63) is 0 Å². The average Bonchev–Trinajstić information content (AvgIpc) is 2.01. The predicted molar refractivity (Wildman–Crippen MR) is 54.7 cm³/mol. The van der Waals surface area contributed by atoms with Crippen LogP contribution in [0.15, 0.2) is 0 Å². The maximum absolute atomic E-state index is 5.63. The number of halogens is 2. The summed E-state index contributed by atoms with van der Waals surface area (Å²) >= 11 is 6.98. The first-order chi connectivity index (χ1) is 5.33. The second kappa shape index (κ2) is 5.55. The van der Waals surface area contributed by atoms with Gasteiger partial charge in [-0.2, -0.15) is 0 Å². The molecule has 1 saturated carbocycles. The molecular weight excluding hydrogens is 272 g/mol. The van der Waals surface area contributed by atoms with Gasteiger partial charge in [0.1, 0.15) is 0 Å². The highest BCUT2D eigenvalue weighted by Gasteiger charge is 2.19. The molecule has 0 aliphatic heterocycles. The quantitative estimate of drug-likeness (QED) is 0.724. The van der Waals surface area contributed by atoms with Crippen LogP contribution in [-0.4, -0.2) is 22.9 Å². The van der Waals surface area contributed by atoms with E-state index in [1.54, 1.807) is 0 Å². The van der Waals surface area contributed by atoms with Crippen molar-refractivity contribution in [2.24, 2.45) is 0 Å². The van der Waals surface area contributed by atoms with Gasteiger partial charge in [-0.15, -0.1) is 0 Å². The number of rotatable bonds is 3. The summed E-state index contributed by atoms with van der Waals surface area (Å²) in [5, 5.41) is 0.955. The summed E-state index contributed by atoms with van der Waals surface area (Å²) < 4.78 is 5.63. The number of alkyl halides is 2. The molecular formula is C8H14Br2O. The van der Waals surface area contributed by atoms with Crippen LogP contribution in [0.3, 0.4) is 0 Å². The fourth-order valence-corrected chi connectivity index (χ4v) is 2.38. The molecule has 0 amide bonds. The first-order valence-electron chi connectivity index (χ1n) is 4.14. The van der Waals surface area contributed by atoms with Crippen molar-refractivity contribution < 1.29 is 4.74 Å². The summed E-state index contributed by atoms with van der Waals surface area (Å²) in [7, 11) is 0. The smallest absolute Gasteiger partial charge is 0.0586 e. The molecule has 0 radical (unpaired) electrons. The fraction of sp³-hybridized carbons (Fsp3) is 1.00. The van der Waals surface area contributed by atoms with Crippen LogP contribution in [0.4, 0.5) is 0 Å². The summed E-state index contributed by atoms with van der Waals surface area (Å²) in [5.41, 5.74) is 0. The van der Waals surface area contributed by atoms with E-state index in [1.165, 1.54) is 25.7 Å². The van der Waals surface area contributed by atoms with Crippen LogP contribution in [-0.2, 0) is 4.74 Å². The average molecular weight is 286 g/mol. The van der Waals surface area contributed by atoms with Crippen LogP contribution in [0.5, 0.6) is 0 Å². The molecule has 2 atom stereocenters. The van der Waals surface area contributed by atoms with Gasteiger partial charge in [-0.1, -0.05) is 31.9 Å². The Bertz CT molecular complexity index is 108. The van der Waals surface area contributed by atoms with E-state index in [1.807, 2.05) is 0 Å². The molecule has 1 aliphatic rings. The van der Waals surface area contributed by atoms with Gasteiger partial charge in [0.15, 0.2) is 0 Å². The van der Waals surface area contributed by atoms with Crippen LogP contribution in [0.1, 0.15) is 25.7 Å². The Morgan fingerprint density at radius 3 is 2.82 bits per heavy atom. The van der Waals surface area contributed by atoms with Crippen LogP contribution in [0.25, 0.3) is 0 Å². The lowest BCUT2D eigenvalue weighted by Crippen LogP contribution is -2.23. The van der Waals surface area contributed by atoms with Gasteiger partial charge in [0.25, 0.3) is 0 Å². The lowest BCUT2D eigenvalue weighted by Gasteiger charge is -2.25. The minimum absolute atomic E-state index is 0.505. The van der Waals surface area contributed by atoms with E-state index in [0.717, 1.165) is 11.9 Å². The van der Waals surface area contributed by atoms with Gasteiger partial charge in [-0.05, 0) is 25.7 Å². The van der Waals surface area contributed by atoms with E-state index in [-0.39, 0.29) is 0 Å². The highest BCUT2D eigenvalue weighted by molar-refractivity contribution is 9.09. The summed E-state index contributed by atoms with van der Waals surface area (Å²) in [6.07, 6.45) is 5.56. The summed E-state index contributed by atoms with van der Waals surface area (Å²) in [6, 6.07) is 0. The molecule has 1 rings (SSSR count). The Labute approximate surface area is 85.1 Å². The Hall–Kier alpha value is 0.920. The Morgan fingerprint density at radius 2 is 2.18 bits per heavy atom. The normalized spacial score (nSPS) is 32.2. The third-order valence-corrected chi connectivity index (χ3v) is 3.15. The standard InChI is InChI=1S/C8H14Br2O/c9-4-5-11-8-3-1-2-7(10)6-8/h7-8H,1-6H2. The topological polar surface area (TPSA) is 9.23 Å². The predicted octanol–water partition coefficient (Wildman–Crippen LogP) is 3.10. The fourth-order valence-electron chi connectivity index (χ4n) is 1.45. The van der Waals surface area contributed by atoms with Crippen molar-refractivity contribution in [3.63, 3.8) is 0 Å². The summed E-state index contributed by atoms with van der Waals surface area (Å²) in [4.78, 5) is 0.691. The minimum atomic E-state index is 0.505. The van der Waals surface area contributed by atoms with Gasteiger partial charge in [-0.3, -0.25) is 0 Å². The monoisotopic (exact) mass is 284 g/mol. The van der Waals surface area contributed by atoms with Gasteiger partial charge < -0.3 is 4.74 Å². The Kier molecular flexibility index (Phi) is 5.04. The van der Waals surface area contributed by atoms with Gasteiger partial charge in [0.2, 0.25) is 0 Å². The van der Waals surface area contributed by atoms with Crippen LogP contribution in [0.2, 0.25) is 0 Å². The van der Waals surface area contributed by atoms with Crippen molar-refractivity contribution in [2.45, 2.75) is 36.6 Å². The first kappa shape index (κ1) is 10.0. The van der Waals surface area contributed by atoms with Crippen LogP contribution >= 0.6 is 31.9 Å². The van der Waals surface area contributed by atoms with Crippen molar-refractivity contribution in [2.75, 3.05) is 11.9 Å². The van der Waals surface area contributed by atoms with E-state index in [4.69, 9.17) is 4.74 Å². The molecule has 0 aromatic carbocycles. The zero-order valence-corrected chi connectivity index (χ0v) is 9.73. The SMILES string of the molecule is BrCCOC1CCCC(Br)C1. The lowest BCUT2D eigenvalue weighted by molar-refractivity contribution is 0.0412. The molecule has 1 nitrogen and oxygen atoms in total. The molecule has 0 N–H and O–H groups in total. The van der Waals surface area contributed by atoms with E-state index >= 15 is 0 Å². The third kappa shape index (κ3) is 3.90.